The lowest BCUT2D eigenvalue weighted by molar-refractivity contribution is 1.17. The number of aromatic nitrogens is 1. The van der Waals surface area contributed by atoms with E-state index in [-0.39, 0.29) is 0 Å². The van der Waals surface area contributed by atoms with Crippen molar-refractivity contribution in [3.05, 3.63) is 231 Å². The average Bonchev–Trinajstić information content (AvgIpc) is 3.62. The topological polar surface area (TPSA) is 8.17 Å². The zero-order valence-electron chi connectivity index (χ0n) is 30.8. The van der Waals surface area contributed by atoms with Crippen molar-refractivity contribution in [2.24, 2.45) is 0 Å². The van der Waals surface area contributed by atoms with Crippen LogP contribution in [-0.2, 0) is 0 Å². The van der Waals surface area contributed by atoms with Gasteiger partial charge in [0.05, 0.1) is 11.0 Å². The summed E-state index contributed by atoms with van der Waals surface area (Å²) in [7, 11) is 0. The Morgan fingerprint density at radius 1 is 0.250 bits per heavy atom. The first kappa shape index (κ1) is 33.2. The van der Waals surface area contributed by atoms with Crippen LogP contribution in [-0.4, -0.2) is 4.57 Å². The van der Waals surface area contributed by atoms with Gasteiger partial charge in [-0.25, -0.2) is 0 Å². The number of hydrogen-bond acceptors (Lipinski definition) is 1. The fraction of sp³-hybridized carbons (Fsp3) is 0. The third-order valence-corrected chi connectivity index (χ3v) is 10.8. The van der Waals surface area contributed by atoms with Gasteiger partial charge in [-0.2, -0.15) is 0 Å². The Bertz CT molecular complexity index is 2910. The molecular formula is C54H38N2. The van der Waals surface area contributed by atoms with Crippen LogP contribution in [0.2, 0.25) is 0 Å². The van der Waals surface area contributed by atoms with Gasteiger partial charge < -0.3 is 9.47 Å². The summed E-state index contributed by atoms with van der Waals surface area (Å²) in [6, 6.07) is 83.0. The summed E-state index contributed by atoms with van der Waals surface area (Å²) >= 11 is 0. The molecule has 0 aliphatic heterocycles. The van der Waals surface area contributed by atoms with Crippen molar-refractivity contribution in [1.82, 2.24) is 4.57 Å². The van der Waals surface area contributed by atoms with Crippen LogP contribution < -0.4 is 4.90 Å². The minimum Gasteiger partial charge on any atom is -0.311 e. The van der Waals surface area contributed by atoms with Gasteiger partial charge in [-0.05, 0) is 111 Å². The Balaban J connectivity index is 1.05. The lowest BCUT2D eigenvalue weighted by Crippen LogP contribution is -2.10. The van der Waals surface area contributed by atoms with Crippen molar-refractivity contribution in [3.63, 3.8) is 0 Å². The van der Waals surface area contributed by atoms with Crippen LogP contribution in [0.15, 0.2) is 231 Å². The number of anilines is 3. The summed E-state index contributed by atoms with van der Waals surface area (Å²) in [5.74, 6) is 0. The fourth-order valence-corrected chi connectivity index (χ4v) is 8.00. The highest BCUT2D eigenvalue weighted by molar-refractivity contribution is 6.10. The zero-order valence-corrected chi connectivity index (χ0v) is 30.8. The predicted octanol–water partition coefficient (Wildman–Crippen LogP) is 14.9. The number of nitrogens with zero attached hydrogens (tertiary/aromatic N) is 2. The second-order valence-corrected chi connectivity index (χ2v) is 14.2. The third-order valence-electron chi connectivity index (χ3n) is 10.8. The zero-order chi connectivity index (χ0) is 37.3. The molecule has 0 N–H and O–H groups in total. The molecule has 2 nitrogen and oxygen atoms in total. The Morgan fingerprint density at radius 3 is 1.18 bits per heavy atom. The molecule has 0 aliphatic carbocycles. The Morgan fingerprint density at radius 2 is 0.625 bits per heavy atom. The summed E-state index contributed by atoms with van der Waals surface area (Å²) in [4.78, 5) is 2.35. The summed E-state index contributed by atoms with van der Waals surface area (Å²) in [5, 5.41) is 2.50. The minimum absolute atomic E-state index is 1.09. The second kappa shape index (κ2) is 14.4. The van der Waals surface area contributed by atoms with Crippen LogP contribution in [0.25, 0.3) is 72.0 Å². The molecule has 10 aromatic rings. The third kappa shape index (κ3) is 6.24. The highest BCUT2D eigenvalue weighted by atomic mass is 15.1. The quantitative estimate of drug-likeness (QED) is 0.152. The molecule has 10 rings (SSSR count). The standard InChI is InChI=1S/C54H38N2/c1-4-13-39(14-5-1)42-23-28-47(29-24-42)55(48-30-25-43(26-31-48)45-20-12-19-44(37-45)40-15-6-2-7-16-40)49-32-34-50(35-33-49)56-53-22-11-10-21-51(53)52-36-27-46(38-54(52)56)41-17-8-3-9-18-41/h1-38H. The van der Waals surface area contributed by atoms with Gasteiger partial charge in [-0.15, -0.1) is 0 Å². The van der Waals surface area contributed by atoms with E-state index in [2.05, 4.69) is 240 Å². The lowest BCUT2D eigenvalue weighted by Gasteiger charge is -2.26. The van der Waals surface area contributed by atoms with E-state index < -0.39 is 0 Å². The summed E-state index contributed by atoms with van der Waals surface area (Å²) < 4.78 is 2.40. The summed E-state index contributed by atoms with van der Waals surface area (Å²) in [6.45, 7) is 0. The predicted molar refractivity (Wildman–Crippen MR) is 237 cm³/mol. The molecule has 0 bridgehead atoms. The summed E-state index contributed by atoms with van der Waals surface area (Å²) in [5.41, 5.74) is 16.4. The van der Waals surface area contributed by atoms with Gasteiger partial charge in [0.1, 0.15) is 0 Å². The van der Waals surface area contributed by atoms with Crippen molar-refractivity contribution in [2.45, 2.75) is 0 Å². The smallest absolute Gasteiger partial charge is 0.0547 e. The van der Waals surface area contributed by atoms with Crippen LogP contribution in [0.1, 0.15) is 0 Å². The van der Waals surface area contributed by atoms with Crippen LogP contribution in [0.4, 0.5) is 17.1 Å². The van der Waals surface area contributed by atoms with E-state index in [1.54, 1.807) is 0 Å². The maximum atomic E-state index is 2.40. The van der Waals surface area contributed by atoms with Gasteiger partial charge in [0.2, 0.25) is 0 Å². The van der Waals surface area contributed by atoms with Crippen molar-refractivity contribution in [3.8, 4) is 50.2 Å². The van der Waals surface area contributed by atoms with Gasteiger partial charge >= 0.3 is 0 Å². The first-order valence-electron chi connectivity index (χ1n) is 19.2. The Kier molecular flexibility index (Phi) is 8.55. The highest BCUT2D eigenvalue weighted by Crippen LogP contribution is 2.39. The largest absolute Gasteiger partial charge is 0.311 e. The normalized spacial score (nSPS) is 11.2. The van der Waals surface area contributed by atoms with Crippen LogP contribution in [0.5, 0.6) is 0 Å². The van der Waals surface area contributed by atoms with Crippen LogP contribution in [0, 0.1) is 0 Å². The number of fused-ring (bicyclic) bond motifs is 3. The molecule has 0 amide bonds. The molecule has 0 atom stereocenters. The monoisotopic (exact) mass is 714 g/mol. The second-order valence-electron chi connectivity index (χ2n) is 14.2. The molecule has 56 heavy (non-hydrogen) atoms. The van der Waals surface area contributed by atoms with Gasteiger partial charge in [-0.1, -0.05) is 164 Å². The van der Waals surface area contributed by atoms with E-state index in [9.17, 15) is 0 Å². The van der Waals surface area contributed by atoms with Gasteiger partial charge in [-0.3, -0.25) is 0 Å². The van der Waals surface area contributed by atoms with E-state index in [0.29, 0.717) is 0 Å². The number of para-hydroxylation sites is 1. The highest BCUT2D eigenvalue weighted by Gasteiger charge is 2.17. The van der Waals surface area contributed by atoms with E-state index in [1.807, 2.05) is 0 Å². The Labute approximate surface area is 327 Å². The first-order chi connectivity index (χ1) is 27.8. The maximum absolute atomic E-state index is 2.40. The molecule has 0 spiro atoms. The van der Waals surface area contributed by atoms with E-state index in [0.717, 1.165) is 22.7 Å². The van der Waals surface area contributed by atoms with Gasteiger partial charge in [0.15, 0.2) is 0 Å². The average molecular weight is 715 g/mol. The molecule has 2 heteroatoms. The molecule has 1 heterocycles. The molecule has 264 valence electrons. The van der Waals surface area contributed by atoms with E-state index in [1.165, 1.54) is 66.3 Å². The fourth-order valence-electron chi connectivity index (χ4n) is 8.00. The van der Waals surface area contributed by atoms with Crippen molar-refractivity contribution >= 4 is 38.9 Å². The lowest BCUT2D eigenvalue weighted by atomic mass is 9.99. The number of rotatable bonds is 8. The summed E-state index contributed by atoms with van der Waals surface area (Å²) in [6.07, 6.45) is 0. The number of benzene rings is 9. The van der Waals surface area contributed by atoms with Crippen LogP contribution in [0.3, 0.4) is 0 Å². The number of hydrogen-bond donors (Lipinski definition) is 0. The first-order valence-corrected chi connectivity index (χ1v) is 19.2. The van der Waals surface area contributed by atoms with Crippen molar-refractivity contribution < 1.29 is 0 Å². The molecule has 0 fully saturated rings. The van der Waals surface area contributed by atoms with E-state index in [4.69, 9.17) is 0 Å². The SMILES string of the molecule is c1ccc(-c2ccc(N(c3ccc(-c4cccc(-c5ccccc5)c4)cc3)c3ccc(-n4c5ccccc5c5ccc(-c6ccccc6)cc54)cc3)cc2)cc1. The van der Waals surface area contributed by atoms with Crippen molar-refractivity contribution in [1.29, 1.82) is 0 Å². The maximum Gasteiger partial charge on any atom is 0.0547 e. The minimum atomic E-state index is 1.09. The molecule has 0 saturated heterocycles. The molecule has 0 saturated carbocycles. The molecular weight excluding hydrogens is 677 g/mol. The molecule has 0 aliphatic rings. The molecule has 0 unspecified atom stereocenters. The molecule has 1 aromatic heterocycles. The van der Waals surface area contributed by atoms with Crippen molar-refractivity contribution in [2.75, 3.05) is 4.90 Å². The van der Waals surface area contributed by atoms with E-state index >= 15 is 0 Å². The molecule has 9 aromatic carbocycles. The molecule has 0 radical (unpaired) electrons. The van der Waals surface area contributed by atoms with Gasteiger partial charge in [0, 0.05) is 33.5 Å². The van der Waals surface area contributed by atoms with Crippen LogP contribution >= 0.6 is 0 Å². The Hall–Kier alpha value is -7.42. The van der Waals surface area contributed by atoms with Gasteiger partial charge in [0.25, 0.3) is 0 Å².